The highest BCUT2D eigenvalue weighted by Crippen LogP contribution is 2.21. The Kier molecular flexibility index (Phi) is 12.9. The van der Waals surface area contributed by atoms with Crippen molar-refractivity contribution in [1.82, 2.24) is 10.6 Å². The highest BCUT2D eigenvalue weighted by atomic mass is 16.5. The monoisotopic (exact) mass is 386 g/mol. The number of nitrogens with one attached hydrogen (secondary N) is 2. The van der Waals surface area contributed by atoms with E-state index in [1.807, 2.05) is 6.92 Å². The van der Waals surface area contributed by atoms with Gasteiger partial charge in [-0.15, -0.1) is 0 Å². The maximum absolute atomic E-state index is 12.0. The molecule has 0 saturated carbocycles. The van der Waals surface area contributed by atoms with Gasteiger partial charge in [-0.3, -0.25) is 4.79 Å². The summed E-state index contributed by atoms with van der Waals surface area (Å²) < 4.78 is 5.88. The van der Waals surface area contributed by atoms with E-state index in [9.17, 15) is 15.0 Å². The number of hydrogen-bond acceptors (Lipinski definition) is 5. The lowest BCUT2D eigenvalue weighted by Crippen LogP contribution is -2.64. The molecule has 0 spiro atoms. The Morgan fingerprint density at radius 2 is 1.56 bits per heavy atom. The van der Waals surface area contributed by atoms with E-state index in [0.29, 0.717) is 13.0 Å². The minimum absolute atomic E-state index is 0.0881. The molecule has 5 atom stereocenters. The smallest absolute Gasteiger partial charge is 0.220 e. The normalized spacial score (nSPS) is 28.3. The third kappa shape index (κ3) is 9.37. The van der Waals surface area contributed by atoms with E-state index in [0.717, 1.165) is 32.2 Å². The number of carbonyl (C=O) groups is 1. The first-order valence-corrected chi connectivity index (χ1v) is 11.0. The van der Waals surface area contributed by atoms with Gasteiger partial charge in [0, 0.05) is 13.0 Å². The number of hydrogen-bond donors (Lipinski definition) is 4. The summed E-state index contributed by atoms with van der Waals surface area (Å²) in [6.45, 7) is 7.55. The predicted molar refractivity (Wildman–Crippen MR) is 109 cm³/mol. The molecule has 1 rings (SSSR count). The number of ether oxygens (including phenoxy) is 1. The highest BCUT2D eigenvalue weighted by molar-refractivity contribution is 5.76. The van der Waals surface area contributed by atoms with Crippen LogP contribution < -0.4 is 10.6 Å². The minimum atomic E-state index is -1.01. The van der Waals surface area contributed by atoms with Gasteiger partial charge >= 0.3 is 0 Å². The maximum atomic E-state index is 12.0. The van der Waals surface area contributed by atoms with E-state index in [1.54, 1.807) is 0 Å². The van der Waals surface area contributed by atoms with Crippen LogP contribution in [0.15, 0.2) is 0 Å². The van der Waals surface area contributed by atoms with E-state index in [2.05, 4.69) is 24.5 Å². The summed E-state index contributed by atoms with van der Waals surface area (Å²) in [6, 6.07) is -0.566. The summed E-state index contributed by atoms with van der Waals surface area (Å²) in [4.78, 5) is 12.0. The fraction of sp³-hybridized carbons (Fsp3) is 0.952. The van der Waals surface area contributed by atoms with Gasteiger partial charge in [-0.1, -0.05) is 58.8 Å². The molecule has 27 heavy (non-hydrogen) atoms. The van der Waals surface area contributed by atoms with E-state index in [-0.39, 0.29) is 12.0 Å². The van der Waals surface area contributed by atoms with Crippen molar-refractivity contribution >= 4 is 5.91 Å². The highest BCUT2D eigenvalue weighted by Gasteiger charge is 2.42. The standard InChI is InChI=1S/C21H42N2O4/c1-4-6-8-9-10-12-14-22-15-17-20(25)21(26)19(16(3)27-17)23-18(24)13-11-7-5-2/h16-17,19-22,25-26H,4-15H2,1-3H3,(H,23,24)/t16-,17?,19?,20+,21?/m0/s1. The van der Waals surface area contributed by atoms with Crippen molar-refractivity contribution in [3.63, 3.8) is 0 Å². The largest absolute Gasteiger partial charge is 0.388 e. The number of aliphatic hydroxyl groups excluding tert-OH is 2. The van der Waals surface area contributed by atoms with Crippen LogP contribution in [-0.2, 0) is 9.53 Å². The quantitative estimate of drug-likeness (QED) is 0.344. The van der Waals surface area contributed by atoms with Crippen molar-refractivity contribution in [2.75, 3.05) is 13.1 Å². The van der Waals surface area contributed by atoms with Gasteiger partial charge < -0.3 is 25.6 Å². The zero-order chi connectivity index (χ0) is 20.1. The van der Waals surface area contributed by atoms with Crippen molar-refractivity contribution in [2.45, 2.75) is 115 Å². The Morgan fingerprint density at radius 1 is 0.926 bits per heavy atom. The van der Waals surface area contributed by atoms with Gasteiger partial charge in [-0.2, -0.15) is 0 Å². The lowest BCUT2D eigenvalue weighted by molar-refractivity contribution is -0.179. The lowest BCUT2D eigenvalue weighted by atomic mass is 9.93. The van der Waals surface area contributed by atoms with Crippen molar-refractivity contribution in [3.05, 3.63) is 0 Å². The molecule has 4 N–H and O–H groups in total. The molecule has 1 aliphatic heterocycles. The lowest BCUT2D eigenvalue weighted by Gasteiger charge is -2.42. The van der Waals surface area contributed by atoms with E-state index >= 15 is 0 Å². The van der Waals surface area contributed by atoms with Crippen molar-refractivity contribution in [1.29, 1.82) is 0 Å². The van der Waals surface area contributed by atoms with Crippen LogP contribution in [0.1, 0.15) is 85.0 Å². The second kappa shape index (κ2) is 14.3. The van der Waals surface area contributed by atoms with Gasteiger partial charge in [0.25, 0.3) is 0 Å². The second-order valence-corrected chi connectivity index (χ2v) is 7.88. The fourth-order valence-electron chi connectivity index (χ4n) is 3.59. The summed E-state index contributed by atoms with van der Waals surface area (Å²) in [5.41, 5.74) is 0. The number of rotatable bonds is 14. The molecule has 0 aromatic heterocycles. The molecular weight excluding hydrogens is 344 g/mol. The summed E-state index contributed by atoms with van der Waals surface area (Å²) >= 11 is 0. The summed E-state index contributed by atoms with van der Waals surface area (Å²) in [5.74, 6) is -0.0881. The minimum Gasteiger partial charge on any atom is -0.388 e. The van der Waals surface area contributed by atoms with Gasteiger partial charge in [0.05, 0.1) is 18.2 Å². The van der Waals surface area contributed by atoms with Crippen LogP contribution >= 0.6 is 0 Å². The summed E-state index contributed by atoms with van der Waals surface area (Å²) in [7, 11) is 0. The van der Waals surface area contributed by atoms with E-state index in [1.165, 1.54) is 32.1 Å². The van der Waals surface area contributed by atoms with E-state index in [4.69, 9.17) is 4.74 Å². The van der Waals surface area contributed by atoms with E-state index < -0.39 is 24.4 Å². The Balaban J connectivity index is 2.28. The Labute approximate surface area is 165 Å². The van der Waals surface area contributed by atoms with Crippen LogP contribution in [0.3, 0.4) is 0 Å². The number of carbonyl (C=O) groups excluding carboxylic acids is 1. The molecule has 0 bridgehead atoms. The molecule has 160 valence electrons. The molecule has 0 radical (unpaired) electrons. The van der Waals surface area contributed by atoms with Crippen molar-refractivity contribution in [2.24, 2.45) is 0 Å². The summed E-state index contributed by atoms with van der Waals surface area (Å²) in [6.07, 6.45) is 8.03. The topological polar surface area (TPSA) is 90.8 Å². The van der Waals surface area contributed by atoms with Gasteiger partial charge in [0.1, 0.15) is 12.2 Å². The van der Waals surface area contributed by atoms with Gasteiger partial charge in [-0.25, -0.2) is 0 Å². The number of aliphatic hydroxyl groups is 2. The molecule has 1 fully saturated rings. The molecule has 6 nitrogen and oxygen atoms in total. The molecule has 1 amide bonds. The van der Waals surface area contributed by atoms with Crippen LogP contribution in [0.4, 0.5) is 0 Å². The molecule has 1 saturated heterocycles. The van der Waals surface area contributed by atoms with Crippen LogP contribution in [-0.4, -0.2) is 59.7 Å². The Morgan fingerprint density at radius 3 is 2.26 bits per heavy atom. The zero-order valence-corrected chi connectivity index (χ0v) is 17.6. The van der Waals surface area contributed by atoms with Crippen molar-refractivity contribution in [3.8, 4) is 0 Å². The first kappa shape index (κ1) is 24.3. The molecule has 1 aliphatic rings. The van der Waals surface area contributed by atoms with Crippen molar-refractivity contribution < 1.29 is 19.7 Å². The predicted octanol–water partition coefficient (Wildman–Crippen LogP) is 2.51. The summed E-state index contributed by atoms with van der Waals surface area (Å²) in [5, 5.41) is 27.0. The molecule has 0 aliphatic carbocycles. The SMILES string of the molecule is CCCCCCCCNCC1O[C@@H](C)C(NC(=O)CCCCC)C(O)[C@@H]1O. The fourth-order valence-corrected chi connectivity index (χ4v) is 3.59. The Hall–Kier alpha value is -0.690. The average Bonchev–Trinajstić information content (AvgIpc) is 2.65. The molecule has 0 aromatic rings. The molecule has 3 unspecified atom stereocenters. The van der Waals surface area contributed by atoms with Crippen LogP contribution in [0.5, 0.6) is 0 Å². The van der Waals surface area contributed by atoms with Gasteiger partial charge in [-0.05, 0) is 26.3 Å². The Bertz CT molecular complexity index is 394. The average molecular weight is 387 g/mol. The van der Waals surface area contributed by atoms with Crippen LogP contribution in [0.2, 0.25) is 0 Å². The van der Waals surface area contributed by atoms with Gasteiger partial charge in [0.2, 0.25) is 5.91 Å². The maximum Gasteiger partial charge on any atom is 0.220 e. The zero-order valence-electron chi connectivity index (χ0n) is 17.6. The third-order valence-corrected chi connectivity index (χ3v) is 5.38. The first-order chi connectivity index (χ1) is 13.0. The molecule has 6 heteroatoms. The number of unbranched alkanes of at least 4 members (excludes halogenated alkanes) is 7. The molecular formula is C21H42N2O4. The molecule has 1 heterocycles. The first-order valence-electron chi connectivity index (χ1n) is 11.0. The second-order valence-electron chi connectivity index (χ2n) is 7.88. The van der Waals surface area contributed by atoms with Crippen LogP contribution in [0, 0.1) is 0 Å². The third-order valence-electron chi connectivity index (χ3n) is 5.38. The van der Waals surface area contributed by atoms with Crippen LogP contribution in [0.25, 0.3) is 0 Å². The number of amides is 1. The van der Waals surface area contributed by atoms with Gasteiger partial charge in [0.15, 0.2) is 0 Å². The molecule has 0 aromatic carbocycles.